The highest BCUT2D eigenvalue weighted by Crippen LogP contribution is 2.18. The Morgan fingerprint density at radius 3 is 2.05 bits per heavy atom. The van der Waals surface area contributed by atoms with E-state index in [2.05, 4.69) is 0 Å². The lowest BCUT2D eigenvalue weighted by Crippen LogP contribution is -2.46. The van der Waals surface area contributed by atoms with Gasteiger partial charge in [-0.05, 0) is 38.8 Å². The molecule has 0 heterocycles. The SMILES string of the molecule is CCO[Si](CCCOC=Cc1ccccc1)(OCC)OCC. The molecule has 0 radical (unpaired) electrons. The predicted molar refractivity (Wildman–Crippen MR) is 91.5 cm³/mol. The van der Waals surface area contributed by atoms with Crippen molar-refractivity contribution < 1.29 is 18.0 Å². The summed E-state index contributed by atoms with van der Waals surface area (Å²) < 4.78 is 23.0. The van der Waals surface area contributed by atoms with Gasteiger partial charge in [0, 0.05) is 25.9 Å². The summed E-state index contributed by atoms with van der Waals surface area (Å²) in [5.74, 6) is 0. The van der Waals surface area contributed by atoms with Gasteiger partial charge in [-0.2, -0.15) is 0 Å². The lowest BCUT2D eigenvalue weighted by Gasteiger charge is -2.28. The van der Waals surface area contributed by atoms with Crippen LogP contribution in [0.5, 0.6) is 0 Å². The van der Waals surface area contributed by atoms with Crippen molar-refractivity contribution in [2.45, 2.75) is 33.2 Å². The lowest BCUT2D eigenvalue weighted by molar-refractivity contribution is 0.0690. The van der Waals surface area contributed by atoms with Crippen molar-refractivity contribution in [3.05, 3.63) is 42.2 Å². The minimum absolute atomic E-state index is 0.612. The summed E-state index contributed by atoms with van der Waals surface area (Å²) in [6.45, 7) is 8.38. The highest BCUT2D eigenvalue weighted by atomic mass is 28.4. The van der Waals surface area contributed by atoms with E-state index in [1.807, 2.05) is 57.2 Å². The molecule has 1 aromatic carbocycles. The Balaban J connectivity index is 2.34. The predicted octanol–water partition coefficient (Wildman–Crippen LogP) is 4.11. The Bertz CT molecular complexity index is 391. The summed E-state index contributed by atoms with van der Waals surface area (Å²) in [6, 6.07) is 10.9. The Kier molecular flexibility index (Phi) is 9.82. The van der Waals surface area contributed by atoms with E-state index in [4.69, 9.17) is 18.0 Å². The van der Waals surface area contributed by atoms with Crippen LogP contribution in [0.2, 0.25) is 6.04 Å². The van der Waals surface area contributed by atoms with Crippen molar-refractivity contribution in [3.63, 3.8) is 0 Å². The lowest BCUT2D eigenvalue weighted by atomic mass is 10.2. The Hall–Kier alpha value is -1.14. The van der Waals surface area contributed by atoms with E-state index in [1.54, 1.807) is 6.26 Å². The quantitative estimate of drug-likeness (QED) is 0.329. The molecule has 0 aromatic heterocycles. The van der Waals surface area contributed by atoms with Gasteiger partial charge in [0.2, 0.25) is 0 Å². The summed E-state index contributed by atoms with van der Waals surface area (Å²) >= 11 is 0. The molecule has 124 valence electrons. The Morgan fingerprint density at radius 2 is 1.50 bits per heavy atom. The van der Waals surface area contributed by atoms with Crippen LogP contribution in [0.3, 0.4) is 0 Å². The maximum atomic E-state index is 5.81. The minimum Gasteiger partial charge on any atom is -0.501 e. The molecule has 0 unspecified atom stereocenters. The van der Waals surface area contributed by atoms with Gasteiger partial charge >= 0.3 is 8.80 Å². The second-order valence-electron chi connectivity index (χ2n) is 4.67. The van der Waals surface area contributed by atoms with Crippen molar-refractivity contribution in [2.24, 2.45) is 0 Å². The molecule has 1 aromatic rings. The first-order chi connectivity index (χ1) is 10.8. The van der Waals surface area contributed by atoms with Gasteiger partial charge < -0.3 is 18.0 Å². The van der Waals surface area contributed by atoms with Crippen LogP contribution in [0.15, 0.2) is 36.6 Å². The van der Waals surface area contributed by atoms with E-state index >= 15 is 0 Å². The van der Waals surface area contributed by atoms with Gasteiger partial charge in [0.05, 0.1) is 12.9 Å². The standard InChI is InChI=1S/C17H28O4Si/c1-4-19-22(20-5-2,21-6-3)16-10-14-18-15-13-17-11-8-7-9-12-17/h7-9,11-13,15H,4-6,10,14,16H2,1-3H3. The number of ether oxygens (including phenoxy) is 1. The molecule has 0 aliphatic carbocycles. The number of hydrogen-bond acceptors (Lipinski definition) is 4. The third-order valence-electron chi connectivity index (χ3n) is 2.99. The van der Waals surface area contributed by atoms with E-state index in [0.29, 0.717) is 26.4 Å². The molecule has 0 saturated carbocycles. The summed E-state index contributed by atoms with van der Waals surface area (Å²) in [4.78, 5) is 0. The van der Waals surface area contributed by atoms with Crippen LogP contribution < -0.4 is 0 Å². The van der Waals surface area contributed by atoms with Crippen molar-refractivity contribution >= 4 is 14.9 Å². The van der Waals surface area contributed by atoms with Crippen molar-refractivity contribution in [3.8, 4) is 0 Å². The molecule has 1 rings (SSSR count). The molecule has 0 spiro atoms. The first-order valence-electron chi connectivity index (χ1n) is 8.01. The van der Waals surface area contributed by atoms with Crippen LogP contribution in [-0.2, 0) is 18.0 Å². The molecule has 4 nitrogen and oxygen atoms in total. The van der Waals surface area contributed by atoms with Gasteiger partial charge in [-0.15, -0.1) is 0 Å². The maximum absolute atomic E-state index is 5.81. The monoisotopic (exact) mass is 324 g/mol. The highest BCUT2D eigenvalue weighted by Gasteiger charge is 2.39. The maximum Gasteiger partial charge on any atom is 0.501 e. The molecule has 0 fully saturated rings. The topological polar surface area (TPSA) is 36.9 Å². The van der Waals surface area contributed by atoms with Crippen LogP contribution in [0.1, 0.15) is 32.8 Å². The molecule has 0 saturated heterocycles. The first kappa shape index (κ1) is 18.9. The van der Waals surface area contributed by atoms with Gasteiger partial charge in [0.1, 0.15) is 0 Å². The summed E-state index contributed by atoms with van der Waals surface area (Å²) in [5.41, 5.74) is 1.13. The average Bonchev–Trinajstić information content (AvgIpc) is 2.52. The summed E-state index contributed by atoms with van der Waals surface area (Å²) in [6.07, 6.45) is 4.55. The van der Waals surface area contributed by atoms with E-state index in [-0.39, 0.29) is 0 Å². The summed E-state index contributed by atoms with van der Waals surface area (Å²) in [5, 5.41) is 0. The molecule has 0 atom stereocenters. The van der Waals surface area contributed by atoms with Crippen molar-refractivity contribution in [1.82, 2.24) is 0 Å². The fraction of sp³-hybridized carbons (Fsp3) is 0.529. The van der Waals surface area contributed by atoms with Crippen LogP contribution in [-0.4, -0.2) is 35.2 Å². The van der Waals surface area contributed by atoms with Crippen LogP contribution in [0, 0.1) is 0 Å². The number of rotatable bonds is 12. The fourth-order valence-electron chi connectivity index (χ4n) is 2.13. The average molecular weight is 324 g/mol. The van der Waals surface area contributed by atoms with E-state index in [1.165, 1.54) is 0 Å². The highest BCUT2D eigenvalue weighted by molar-refractivity contribution is 6.60. The molecular formula is C17H28O4Si. The van der Waals surface area contributed by atoms with Crippen molar-refractivity contribution in [2.75, 3.05) is 26.4 Å². The zero-order valence-corrected chi connectivity index (χ0v) is 14.9. The van der Waals surface area contributed by atoms with Crippen LogP contribution >= 0.6 is 0 Å². The summed E-state index contributed by atoms with van der Waals surface area (Å²) in [7, 11) is -2.52. The molecule has 22 heavy (non-hydrogen) atoms. The van der Waals surface area contributed by atoms with E-state index in [9.17, 15) is 0 Å². The van der Waals surface area contributed by atoms with Crippen LogP contribution in [0.25, 0.3) is 6.08 Å². The zero-order chi connectivity index (χ0) is 16.1. The smallest absolute Gasteiger partial charge is 0.501 e. The molecule has 5 heteroatoms. The normalized spacial score (nSPS) is 12.0. The molecule has 0 N–H and O–H groups in total. The Morgan fingerprint density at radius 1 is 0.909 bits per heavy atom. The van der Waals surface area contributed by atoms with E-state index in [0.717, 1.165) is 18.0 Å². The van der Waals surface area contributed by atoms with Gasteiger partial charge in [-0.1, -0.05) is 30.3 Å². The van der Waals surface area contributed by atoms with Gasteiger partial charge in [-0.3, -0.25) is 0 Å². The van der Waals surface area contributed by atoms with Gasteiger partial charge in [0.15, 0.2) is 0 Å². The third-order valence-corrected chi connectivity index (χ3v) is 6.15. The zero-order valence-electron chi connectivity index (χ0n) is 13.9. The molecular weight excluding hydrogens is 296 g/mol. The van der Waals surface area contributed by atoms with Crippen molar-refractivity contribution in [1.29, 1.82) is 0 Å². The molecule has 0 amide bonds. The molecule has 0 aliphatic heterocycles. The molecule has 0 aliphatic rings. The van der Waals surface area contributed by atoms with Gasteiger partial charge in [0.25, 0.3) is 0 Å². The second kappa shape index (κ2) is 11.4. The molecule has 0 bridgehead atoms. The number of benzene rings is 1. The third kappa shape index (κ3) is 7.22. The van der Waals surface area contributed by atoms with E-state index < -0.39 is 8.80 Å². The first-order valence-corrected chi connectivity index (χ1v) is 9.94. The number of hydrogen-bond donors (Lipinski definition) is 0. The largest absolute Gasteiger partial charge is 0.501 e. The van der Waals surface area contributed by atoms with Gasteiger partial charge in [-0.25, -0.2) is 0 Å². The second-order valence-corrected chi connectivity index (χ2v) is 7.40. The van der Waals surface area contributed by atoms with Crippen LogP contribution in [0.4, 0.5) is 0 Å². The fourth-order valence-corrected chi connectivity index (χ4v) is 4.71. The minimum atomic E-state index is -2.52. The Labute approximate surface area is 135 Å².